The van der Waals surface area contributed by atoms with E-state index in [-0.39, 0.29) is 5.54 Å². The van der Waals surface area contributed by atoms with Gasteiger partial charge in [-0.1, -0.05) is 12.1 Å². The summed E-state index contributed by atoms with van der Waals surface area (Å²) >= 11 is 0. The predicted octanol–water partition coefficient (Wildman–Crippen LogP) is 2.88. The molecular weight excluding hydrogens is 196 g/mol. The molecule has 82 valence electrons. The number of rotatable bonds is 1. The molecule has 0 spiro atoms. The largest absolute Gasteiger partial charge is 0.321 e. The molecule has 1 aromatic heterocycles. The van der Waals surface area contributed by atoms with Gasteiger partial charge in [0.15, 0.2) is 0 Å². The Kier molecular flexibility index (Phi) is 2.01. The molecule has 0 saturated heterocycles. The molecule has 16 heavy (non-hydrogen) atoms. The smallest absolute Gasteiger partial charge is 0.0451 e. The second-order valence-corrected chi connectivity index (χ2v) is 4.84. The van der Waals surface area contributed by atoms with Crippen LogP contribution in [0.25, 0.3) is 10.8 Å². The first-order chi connectivity index (χ1) is 7.69. The molecule has 1 aromatic carbocycles. The first kappa shape index (κ1) is 9.79. The van der Waals surface area contributed by atoms with Crippen LogP contribution in [0.5, 0.6) is 0 Å². The van der Waals surface area contributed by atoms with Crippen LogP contribution in [-0.4, -0.2) is 4.98 Å². The van der Waals surface area contributed by atoms with Gasteiger partial charge in [-0.05, 0) is 49.3 Å². The zero-order valence-corrected chi connectivity index (χ0v) is 9.53. The molecule has 2 nitrogen and oxygen atoms in total. The van der Waals surface area contributed by atoms with Gasteiger partial charge in [0, 0.05) is 22.8 Å². The number of benzene rings is 1. The van der Waals surface area contributed by atoms with Crippen molar-refractivity contribution >= 4 is 10.8 Å². The summed E-state index contributed by atoms with van der Waals surface area (Å²) in [5.41, 5.74) is 8.62. The van der Waals surface area contributed by atoms with Crippen molar-refractivity contribution in [2.75, 3.05) is 0 Å². The second kappa shape index (κ2) is 3.29. The van der Waals surface area contributed by atoms with E-state index in [1.807, 2.05) is 6.20 Å². The molecule has 0 radical (unpaired) electrons. The standard InChI is InChI=1S/C14H16N2/c1-10-13-9-12(14(15)6-2-7-14)4-3-11(13)5-8-16-10/h3-5,8-9H,2,6-7,15H2,1H3. The number of hydrogen-bond donors (Lipinski definition) is 1. The Morgan fingerprint density at radius 3 is 2.75 bits per heavy atom. The molecule has 1 aliphatic rings. The van der Waals surface area contributed by atoms with Gasteiger partial charge in [0.1, 0.15) is 0 Å². The highest BCUT2D eigenvalue weighted by atomic mass is 14.8. The van der Waals surface area contributed by atoms with Gasteiger partial charge in [0.05, 0.1) is 0 Å². The van der Waals surface area contributed by atoms with Gasteiger partial charge in [0.2, 0.25) is 0 Å². The molecule has 1 saturated carbocycles. The van der Waals surface area contributed by atoms with Crippen molar-refractivity contribution in [3.05, 3.63) is 41.7 Å². The summed E-state index contributed by atoms with van der Waals surface area (Å²) in [6.45, 7) is 2.05. The lowest BCUT2D eigenvalue weighted by Gasteiger charge is -2.38. The Balaban J connectivity index is 2.18. The minimum atomic E-state index is -0.0729. The predicted molar refractivity (Wildman–Crippen MR) is 66.2 cm³/mol. The zero-order valence-electron chi connectivity index (χ0n) is 9.53. The fourth-order valence-electron chi connectivity index (χ4n) is 2.47. The Morgan fingerprint density at radius 1 is 1.25 bits per heavy atom. The lowest BCUT2D eigenvalue weighted by atomic mass is 9.72. The summed E-state index contributed by atoms with van der Waals surface area (Å²) < 4.78 is 0. The maximum absolute atomic E-state index is 6.34. The number of nitrogens with zero attached hydrogens (tertiary/aromatic N) is 1. The summed E-state index contributed by atoms with van der Waals surface area (Å²) in [6.07, 6.45) is 5.33. The first-order valence-corrected chi connectivity index (χ1v) is 5.84. The van der Waals surface area contributed by atoms with E-state index in [0.29, 0.717) is 0 Å². The van der Waals surface area contributed by atoms with E-state index in [0.717, 1.165) is 18.5 Å². The maximum atomic E-state index is 6.34. The summed E-state index contributed by atoms with van der Waals surface area (Å²) in [7, 11) is 0. The fourth-order valence-corrected chi connectivity index (χ4v) is 2.47. The Morgan fingerprint density at radius 2 is 2.06 bits per heavy atom. The number of aryl methyl sites for hydroxylation is 1. The normalized spacial score (nSPS) is 18.4. The van der Waals surface area contributed by atoms with E-state index in [1.54, 1.807) is 0 Å². The molecule has 1 fully saturated rings. The van der Waals surface area contributed by atoms with E-state index in [9.17, 15) is 0 Å². The quantitative estimate of drug-likeness (QED) is 0.789. The topological polar surface area (TPSA) is 38.9 Å². The Bertz CT molecular complexity index is 541. The van der Waals surface area contributed by atoms with Crippen LogP contribution in [0.2, 0.25) is 0 Å². The van der Waals surface area contributed by atoms with Gasteiger partial charge in [0.25, 0.3) is 0 Å². The zero-order chi connectivity index (χ0) is 11.2. The summed E-state index contributed by atoms with van der Waals surface area (Å²) in [6, 6.07) is 8.60. The van der Waals surface area contributed by atoms with E-state index >= 15 is 0 Å². The molecule has 0 amide bonds. The van der Waals surface area contributed by atoms with Crippen molar-refractivity contribution in [1.82, 2.24) is 4.98 Å². The van der Waals surface area contributed by atoms with E-state index in [4.69, 9.17) is 5.73 Å². The summed E-state index contributed by atoms with van der Waals surface area (Å²) in [5.74, 6) is 0. The third kappa shape index (κ3) is 1.34. The number of pyridine rings is 1. The van der Waals surface area contributed by atoms with Crippen molar-refractivity contribution in [2.24, 2.45) is 5.73 Å². The SMILES string of the molecule is Cc1nccc2ccc(C3(N)CCC3)cc12. The highest BCUT2D eigenvalue weighted by Crippen LogP contribution is 2.39. The van der Waals surface area contributed by atoms with Gasteiger partial charge in [-0.25, -0.2) is 0 Å². The third-order valence-corrected chi connectivity index (χ3v) is 3.79. The lowest BCUT2D eigenvalue weighted by Crippen LogP contribution is -2.43. The van der Waals surface area contributed by atoms with Crippen LogP contribution in [0, 0.1) is 6.92 Å². The van der Waals surface area contributed by atoms with Crippen molar-refractivity contribution in [2.45, 2.75) is 31.7 Å². The van der Waals surface area contributed by atoms with Crippen LogP contribution < -0.4 is 5.73 Å². The van der Waals surface area contributed by atoms with Crippen molar-refractivity contribution in [3.8, 4) is 0 Å². The lowest BCUT2D eigenvalue weighted by molar-refractivity contribution is 0.254. The van der Waals surface area contributed by atoms with Crippen LogP contribution in [0.4, 0.5) is 0 Å². The summed E-state index contributed by atoms with van der Waals surface area (Å²) in [4.78, 5) is 4.33. The number of nitrogens with two attached hydrogens (primary N) is 1. The van der Waals surface area contributed by atoms with Gasteiger partial charge < -0.3 is 5.73 Å². The molecule has 0 aliphatic heterocycles. The molecule has 2 aromatic rings. The minimum Gasteiger partial charge on any atom is -0.321 e. The maximum Gasteiger partial charge on any atom is 0.0451 e. The molecule has 0 bridgehead atoms. The van der Waals surface area contributed by atoms with Crippen LogP contribution in [0.15, 0.2) is 30.5 Å². The molecular formula is C14H16N2. The molecule has 1 aliphatic carbocycles. The molecule has 0 unspecified atom stereocenters. The van der Waals surface area contributed by atoms with Crippen molar-refractivity contribution < 1.29 is 0 Å². The molecule has 2 N–H and O–H groups in total. The Hall–Kier alpha value is -1.41. The average Bonchev–Trinajstić information content (AvgIpc) is 2.26. The van der Waals surface area contributed by atoms with E-state index < -0.39 is 0 Å². The highest BCUT2D eigenvalue weighted by Gasteiger charge is 2.34. The molecule has 3 rings (SSSR count). The van der Waals surface area contributed by atoms with Crippen molar-refractivity contribution in [3.63, 3.8) is 0 Å². The van der Waals surface area contributed by atoms with Gasteiger partial charge in [-0.3, -0.25) is 4.98 Å². The van der Waals surface area contributed by atoms with Crippen LogP contribution in [-0.2, 0) is 5.54 Å². The number of hydrogen-bond acceptors (Lipinski definition) is 2. The Labute approximate surface area is 95.5 Å². The monoisotopic (exact) mass is 212 g/mol. The summed E-state index contributed by atoms with van der Waals surface area (Å²) in [5, 5.41) is 2.48. The van der Waals surface area contributed by atoms with Crippen LogP contribution >= 0.6 is 0 Å². The number of aromatic nitrogens is 1. The molecule has 2 heteroatoms. The number of fused-ring (bicyclic) bond motifs is 1. The first-order valence-electron chi connectivity index (χ1n) is 5.84. The van der Waals surface area contributed by atoms with Gasteiger partial charge in [-0.15, -0.1) is 0 Å². The minimum absolute atomic E-state index is 0.0729. The van der Waals surface area contributed by atoms with E-state index in [2.05, 4.69) is 36.2 Å². The van der Waals surface area contributed by atoms with E-state index in [1.165, 1.54) is 22.8 Å². The average molecular weight is 212 g/mol. The van der Waals surface area contributed by atoms with Crippen molar-refractivity contribution in [1.29, 1.82) is 0 Å². The second-order valence-electron chi connectivity index (χ2n) is 4.84. The van der Waals surface area contributed by atoms with Gasteiger partial charge in [-0.2, -0.15) is 0 Å². The highest BCUT2D eigenvalue weighted by molar-refractivity contribution is 5.85. The van der Waals surface area contributed by atoms with Crippen LogP contribution in [0.1, 0.15) is 30.5 Å². The molecule has 1 heterocycles. The van der Waals surface area contributed by atoms with Crippen LogP contribution in [0.3, 0.4) is 0 Å². The molecule has 0 atom stereocenters. The van der Waals surface area contributed by atoms with Gasteiger partial charge >= 0.3 is 0 Å². The fraction of sp³-hybridized carbons (Fsp3) is 0.357. The third-order valence-electron chi connectivity index (χ3n) is 3.79.